The van der Waals surface area contributed by atoms with Gasteiger partial charge in [0, 0.05) is 18.0 Å². The molecule has 8 heteroatoms. The smallest absolute Gasteiger partial charge is 0.259 e. The monoisotopic (exact) mass is 373 g/mol. The number of hydrogen-bond donors (Lipinski definition) is 1. The van der Waals surface area contributed by atoms with Crippen molar-refractivity contribution in [2.45, 2.75) is 23.8 Å². The van der Waals surface area contributed by atoms with Crippen LogP contribution in [-0.2, 0) is 4.79 Å². The van der Waals surface area contributed by atoms with Gasteiger partial charge in [-0.2, -0.15) is 4.98 Å². The molecular weight excluding hydrogens is 354 g/mol. The minimum Gasteiger partial charge on any atom is -0.493 e. The fourth-order valence-electron chi connectivity index (χ4n) is 2.38. The molecule has 136 valence electrons. The van der Waals surface area contributed by atoms with Crippen molar-refractivity contribution in [1.29, 1.82) is 0 Å². The number of hydrogen-bond acceptors (Lipinski definition) is 7. The van der Waals surface area contributed by atoms with Crippen molar-refractivity contribution in [2.24, 2.45) is 0 Å². The Labute approximate surface area is 155 Å². The molecule has 0 aliphatic carbocycles. The van der Waals surface area contributed by atoms with Gasteiger partial charge in [-0.05, 0) is 30.7 Å². The Morgan fingerprint density at radius 1 is 1.27 bits per heavy atom. The predicted octanol–water partition coefficient (Wildman–Crippen LogP) is 3.75. The second-order valence-electron chi connectivity index (χ2n) is 5.38. The van der Waals surface area contributed by atoms with Crippen molar-refractivity contribution in [3.63, 3.8) is 0 Å². The van der Waals surface area contributed by atoms with E-state index in [1.54, 1.807) is 50.7 Å². The highest BCUT2D eigenvalue weighted by molar-refractivity contribution is 8.00. The van der Waals surface area contributed by atoms with Crippen molar-refractivity contribution in [1.82, 2.24) is 9.97 Å². The topological polar surface area (TPSA) is 86.5 Å². The number of nitrogens with zero attached hydrogens (tertiary/aromatic N) is 2. The number of oxazole rings is 1. The molecule has 1 N–H and O–H groups in total. The van der Waals surface area contributed by atoms with Crippen LogP contribution in [0.3, 0.4) is 0 Å². The van der Waals surface area contributed by atoms with Gasteiger partial charge in [0.15, 0.2) is 22.7 Å². The summed E-state index contributed by atoms with van der Waals surface area (Å²) in [6.07, 6.45) is 2.27. The molecule has 0 saturated heterocycles. The van der Waals surface area contributed by atoms with Crippen LogP contribution in [0.2, 0.25) is 0 Å². The van der Waals surface area contributed by atoms with E-state index in [1.807, 2.05) is 6.92 Å². The number of carbonyl (C=O) groups is 1. The van der Waals surface area contributed by atoms with E-state index in [0.29, 0.717) is 40.1 Å². The summed E-state index contributed by atoms with van der Waals surface area (Å²) in [6.45, 7) is 1.94. The average molecular weight is 373 g/mol. The number of nitrogens with one attached hydrogen (secondary N) is 1. The Morgan fingerprint density at radius 2 is 2.08 bits per heavy atom. The maximum Gasteiger partial charge on any atom is 0.259 e. The average Bonchev–Trinajstić information content (AvgIpc) is 3.08. The second kappa shape index (κ2) is 8.09. The molecule has 0 aliphatic heterocycles. The number of ether oxygens (including phenoxy) is 2. The summed E-state index contributed by atoms with van der Waals surface area (Å²) in [6, 6.07) is 8.81. The van der Waals surface area contributed by atoms with Crippen molar-refractivity contribution >= 4 is 34.6 Å². The summed E-state index contributed by atoms with van der Waals surface area (Å²) >= 11 is 1.27. The van der Waals surface area contributed by atoms with E-state index in [1.165, 1.54) is 11.8 Å². The molecule has 0 spiro atoms. The minimum absolute atomic E-state index is 0.139. The fraction of sp³-hybridized carbons (Fsp3) is 0.278. The van der Waals surface area contributed by atoms with Crippen LogP contribution in [0.5, 0.6) is 11.5 Å². The molecule has 3 aromatic rings. The van der Waals surface area contributed by atoms with E-state index in [-0.39, 0.29) is 11.2 Å². The number of amides is 1. The molecule has 3 rings (SSSR count). The van der Waals surface area contributed by atoms with E-state index in [9.17, 15) is 4.79 Å². The van der Waals surface area contributed by atoms with Crippen molar-refractivity contribution in [2.75, 3.05) is 19.5 Å². The van der Waals surface area contributed by atoms with Gasteiger partial charge in [-0.25, -0.2) is 4.98 Å². The molecular formula is C18H19N3O4S. The third-order valence-corrected chi connectivity index (χ3v) is 4.91. The Balaban J connectivity index is 1.72. The van der Waals surface area contributed by atoms with Crippen molar-refractivity contribution in [3.05, 3.63) is 36.5 Å². The minimum atomic E-state index is -0.351. The summed E-state index contributed by atoms with van der Waals surface area (Å²) in [5.74, 6) is 1.02. The summed E-state index contributed by atoms with van der Waals surface area (Å²) in [4.78, 5) is 21.1. The van der Waals surface area contributed by atoms with E-state index < -0.39 is 0 Å². The van der Waals surface area contributed by atoms with Gasteiger partial charge in [0.05, 0.1) is 19.5 Å². The van der Waals surface area contributed by atoms with Crippen LogP contribution in [0.1, 0.15) is 13.3 Å². The summed E-state index contributed by atoms with van der Waals surface area (Å²) in [7, 11) is 3.12. The maximum absolute atomic E-state index is 12.6. The first kappa shape index (κ1) is 18.1. The third kappa shape index (κ3) is 3.91. The van der Waals surface area contributed by atoms with Crippen LogP contribution in [0.4, 0.5) is 5.69 Å². The van der Waals surface area contributed by atoms with Gasteiger partial charge >= 0.3 is 0 Å². The zero-order chi connectivity index (χ0) is 18.5. The van der Waals surface area contributed by atoms with Crippen LogP contribution < -0.4 is 14.8 Å². The number of benzene rings is 1. The molecule has 1 atom stereocenters. The first-order chi connectivity index (χ1) is 12.6. The molecule has 2 aromatic heterocycles. The number of carbonyl (C=O) groups excluding carboxylic acids is 1. The molecule has 7 nitrogen and oxygen atoms in total. The van der Waals surface area contributed by atoms with Gasteiger partial charge < -0.3 is 19.2 Å². The molecule has 0 fully saturated rings. The van der Waals surface area contributed by atoms with E-state index in [4.69, 9.17) is 13.9 Å². The highest BCUT2D eigenvalue weighted by Crippen LogP contribution is 2.31. The van der Waals surface area contributed by atoms with Crippen LogP contribution in [0, 0.1) is 0 Å². The first-order valence-electron chi connectivity index (χ1n) is 8.05. The summed E-state index contributed by atoms with van der Waals surface area (Å²) in [5, 5.41) is 2.97. The molecule has 0 bridgehead atoms. The van der Waals surface area contributed by atoms with Crippen molar-refractivity contribution in [3.8, 4) is 11.5 Å². The predicted molar refractivity (Wildman–Crippen MR) is 99.9 cm³/mol. The molecule has 2 heterocycles. The Bertz CT molecular complexity index is 879. The Morgan fingerprint density at radius 3 is 2.77 bits per heavy atom. The van der Waals surface area contributed by atoms with Crippen LogP contribution in [0.25, 0.3) is 11.2 Å². The lowest BCUT2D eigenvalue weighted by atomic mass is 10.2. The normalized spacial score (nSPS) is 12.0. The number of pyridine rings is 1. The van der Waals surface area contributed by atoms with Crippen molar-refractivity contribution < 1.29 is 18.7 Å². The summed E-state index contributed by atoms with van der Waals surface area (Å²) < 4.78 is 16.1. The van der Waals surface area contributed by atoms with E-state index in [2.05, 4.69) is 15.3 Å². The third-order valence-electron chi connectivity index (χ3n) is 3.70. The molecule has 1 amide bonds. The van der Waals surface area contributed by atoms with Gasteiger partial charge in [0.2, 0.25) is 5.91 Å². The Hall–Kier alpha value is -2.74. The number of thioether (sulfide) groups is 1. The molecule has 0 saturated carbocycles. The molecule has 1 aromatic carbocycles. The number of aromatic nitrogens is 2. The largest absolute Gasteiger partial charge is 0.493 e. The second-order valence-corrected chi connectivity index (χ2v) is 6.53. The lowest BCUT2D eigenvalue weighted by molar-refractivity contribution is -0.115. The molecule has 0 aliphatic rings. The van der Waals surface area contributed by atoms with Crippen LogP contribution in [0.15, 0.2) is 46.2 Å². The lowest BCUT2D eigenvalue weighted by Crippen LogP contribution is -2.24. The van der Waals surface area contributed by atoms with Gasteiger partial charge in [0.1, 0.15) is 0 Å². The quantitative estimate of drug-likeness (QED) is 0.631. The lowest BCUT2D eigenvalue weighted by Gasteiger charge is -2.14. The number of methoxy groups -OCH3 is 2. The number of anilines is 1. The van der Waals surface area contributed by atoms with Gasteiger partial charge in [0.25, 0.3) is 5.22 Å². The standard InChI is InChI=1S/C18H19N3O4S/c1-4-15(26-18-21-16-13(25-18)6-5-9-19-16)17(22)20-11-7-8-12(23-2)14(10-11)24-3/h5-10,15H,4H2,1-3H3,(H,20,22). The van der Waals surface area contributed by atoms with E-state index in [0.717, 1.165) is 0 Å². The highest BCUT2D eigenvalue weighted by Gasteiger charge is 2.22. The molecule has 26 heavy (non-hydrogen) atoms. The fourth-order valence-corrected chi connectivity index (χ4v) is 3.23. The number of rotatable bonds is 7. The first-order valence-corrected chi connectivity index (χ1v) is 8.93. The van der Waals surface area contributed by atoms with Gasteiger partial charge in [-0.15, -0.1) is 0 Å². The zero-order valence-electron chi connectivity index (χ0n) is 14.7. The van der Waals surface area contributed by atoms with Gasteiger partial charge in [-0.1, -0.05) is 18.7 Å². The molecule has 1 unspecified atom stereocenters. The van der Waals surface area contributed by atoms with Gasteiger partial charge in [-0.3, -0.25) is 4.79 Å². The van der Waals surface area contributed by atoms with Crippen LogP contribution in [-0.4, -0.2) is 35.3 Å². The molecule has 0 radical (unpaired) electrons. The maximum atomic E-state index is 12.6. The highest BCUT2D eigenvalue weighted by atomic mass is 32.2. The Kier molecular flexibility index (Phi) is 5.62. The SMILES string of the molecule is CCC(Sc1nc2ncccc2o1)C(=O)Nc1ccc(OC)c(OC)c1. The zero-order valence-corrected chi connectivity index (χ0v) is 15.5. The number of fused-ring (bicyclic) bond motifs is 1. The van der Waals surface area contributed by atoms with E-state index >= 15 is 0 Å². The van der Waals surface area contributed by atoms with Crippen LogP contribution >= 0.6 is 11.8 Å². The summed E-state index contributed by atoms with van der Waals surface area (Å²) in [5.41, 5.74) is 1.77.